The molecule has 27 heavy (non-hydrogen) atoms. The Hall–Kier alpha value is -2.02. The summed E-state index contributed by atoms with van der Waals surface area (Å²) in [7, 11) is 0. The minimum Gasteiger partial charge on any atom is -0.339 e. The van der Waals surface area contributed by atoms with E-state index in [9.17, 15) is 4.79 Å². The first-order valence-corrected chi connectivity index (χ1v) is 10.4. The summed E-state index contributed by atoms with van der Waals surface area (Å²) in [6, 6.07) is 2.12. The monoisotopic (exact) mass is 369 g/mol. The third-order valence-corrected chi connectivity index (χ3v) is 6.44. The highest BCUT2D eigenvalue weighted by molar-refractivity contribution is 5.20. The van der Waals surface area contributed by atoms with Gasteiger partial charge in [-0.1, -0.05) is 11.6 Å². The highest BCUT2D eigenvalue weighted by Gasteiger charge is 2.29. The molecule has 2 aliphatic carbocycles. The Morgan fingerprint density at radius 1 is 1.11 bits per heavy atom. The number of rotatable bonds is 5. The lowest BCUT2D eigenvalue weighted by Gasteiger charge is -2.24. The average molecular weight is 369 g/mol. The topological polar surface area (TPSA) is 77.0 Å². The van der Waals surface area contributed by atoms with Crippen molar-refractivity contribution in [2.75, 3.05) is 6.54 Å². The summed E-state index contributed by atoms with van der Waals surface area (Å²) in [5.74, 6) is 2.05. The summed E-state index contributed by atoms with van der Waals surface area (Å²) in [6.45, 7) is 2.36. The predicted octanol–water partition coefficient (Wildman–Crippen LogP) is 2.44. The van der Waals surface area contributed by atoms with E-state index < -0.39 is 0 Å². The van der Waals surface area contributed by atoms with E-state index in [4.69, 9.17) is 9.62 Å². The van der Waals surface area contributed by atoms with Gasteiger partial charge in [0, 0.05) is 18.0 Å². The van der Waals surface area contributed by atoms with Crippen LogP contribution in [0.25, 0.3) is 0 Å². The first-order chi connectivity index (χ1) is 13.3. The third-order valence-electron chi connectivity index (χ3n) is 6.44. The van der Waals surface area contributed by atoms with E-state index in [1.54, 1.807) is 4.68 Å². The molecule has 3 heterocycles. The molecule has 0 spiro atoms. The zero-order chi connectivity index (χ0) is 18.2. The molecule has 2 aromatic heterocycles. The predicted molar refractivity (Wildman–Crippen MR) is 99.5 cm³/mol. The second-order valence-electron chi connectivity index (χ2n) is 8.29. The van der Waals surface area contributed by atoms with Gasteiger partial charge < -0.3 is 4.52 Å². The van der Waals surface area contributed by atoms with Gasteiger partial charge in [-0.3, -0.25) is 9.69 Å². The zero-order valence-electron chi connectivity index (χ0n) is 15.8. The first kappa shape index (κ1) is 17.1. The first-order valence-electron chi connectivity index (χ1n) is 10.4. The van der Waals surface area contributed by atoms with Crippen molar-refractivity contribution in [2.24, 2.45) is 0 Å². The van der Waals surface area contributed by atoms with E-state index in [-0.39, 0.29) is 5.56 Å². The minimum absolute atomic E-state index is 0.0364. The van der Waals surface area contributed by atoms with E-state index in [1.165, 1.54) is 32.1 Å². The molecule has 3 aliphatic rings. The highest BCUT2D eigenvalue weighted by atomic mass is 16.5. The second kappa shape index (κ2) is 7.19. The number of hydrogen-bond acceptors (Lipinski definition) is 6. The van der Waals surface area contributed by atoms with Crippen LogP contribution in [0.1, 0.15) is 73.8 Å². The van der Waals surface area contributed by atoms with Gasteiger partial charge in [-0.15, -0.1) is 0 Å². The molecule has 1 aliphatic heterocycles. The van der Waals surface area contributed by atoms with Crippen LogP contribution in [0.2, 0.25) is 0 Å². The lowest BCUT2D eigenvalue weighted by Crippen LogP contribution is -2.37. The van der Waals surface area contributed by atoms with Gasteiger partial charge in [0.15, 0.2) is 5.82 Å². The number of likely N-dealkylation sites (tertiary alicyclic amines) is 1. The Balaban J connectivity index is 1.28. The Morgan fingerprint density at radius 2 is 2.00 bits per heavy atom. The van der Waals surface area contributed by atoms with Gasteiger partial charge in [0.2, 0.25) is 5.89 Å². The van der Waals surface area contributed by atoms with Crippen molar-refractivity contribution in [1.82, 2.24) is 24.8 Å². The van der Waals surface area contributed by atoms with Gasteiger partial charge in [-0.05, 0) is 63.5 Å². The molecule has 1 atom stereocenters. The lowest BCUT2D eigenvalue weighted by atomic mass is 9.85. The van der Waals surface area contributed by atoms with Gasteiger partial charge in [0.1, 0.15) is 0 Å². The van der Waals surface area contributed by atoms with Crippen molar-refractivity contribution in [3.8, 4) is 0 Å². The molecule has 0 aromatic carbocycles. The maximum Gasteiger partial charge on any atom is 0.267 e. The van der Waals surface area contributed by atoms with Crippen LogP contribution in [0.5, 0.6) is 0 Å². The summed E-state index contributed by atoms with van der Waals surface area (Å²) in [4.78, 5) is 19.5. The molecule has 1 saturated carbocycles. The van der Waals surface area contributed by atoms with Crippen LogP contribution in [0.4, 0.5) is 0 Å². The number of aromatic nitrogens is 4. The number of fused-ring (bicyclic) bond motifs is 1. The molecular formula is C20H27N5O2. The van der Waals surface area contributed by atoms with Crippen molar-refractivity contribution in [2.45, 2.75) is 82.8 Å². The fourth-order valence-corrected chi connectivity index (χ4v) is 4.58. The Labute approximate surface area is 158 Å². The Bertz CT molecular complexity index is 869. The minimum atomic E-state index is 0.0364. The van der Waals surface area contributed by atoms with Gasteiger partial charge in [-0.2, -0.15) is 10.1 Å². The summed E-state index contributed by atoms with van der Waals surface area (Å²) >= 11 is 0. The van der Waals surface area contributed by atoms with Crippen molar-refractivity contribution < 1.29 is 4.52 Å². The molecule has 0 radical (unpaired) electrons. The molecule has 0 N–H and O–H groups in total. The van der Waals surface area contributed by atoms with Crippen molar-refractivity contribution >= 4 is 0 Å². The number of nitrogens with zero attached hydrogens (tertiary/aromatic N) is 5. The molecule has 1 saturated heterocycles. The molecule has 1 unspecified atom stereocenters. The Kier molecular flexibility index (Phi) is 4.55. The summed E-state index contributed by atoms with van der Waals surface area (Å²) in [5.41, 5.74) is 2.31. The SMILES string of the molecule is O=c1cc2c(nn1CC1CCCN1Cc1noc(C3CCC3)n1)CCCC2. The average Bonchev–Trinajstić information content (AvgIpc) is 3.25. The molecule has 144 valence electrons. The van der Waals surface area contributed by atoms with E-state index in [1.807, 2.05) is 6.07 Å². The molecular weight excluding hydrogens is 342 g/mol. The normalized spacial score (nSPS) is 23.3. The van der Waals surface area contributed by atoms with E-state index in [2.05, 4.69) is 15.0 Å². The number of hydrogen-bond donors (Lipinski definition) is 0. The van der Waals surface area contributed by atoms with Crippen molar-refractivity contribution in [3.05, 3.63) is 39.4 Å². The van der Waals surface area contributed by atoms with Crippen LogP contribution in [-0.2, 0) is 25.9 Å². The van der Waals surface area contributed by atoms with Gasteiger partial charge in [-0.25, -0.2) is 4.68 Å². The molecule has 7 heteroatoms. The smallest absolute Gasteiger partial charge is 0.267 e. The van der Waals surface area contributed by atoms with Crippen LogP contribution in [-0.4, -0.2) is 37.4 Å². The fourth-order valence-electron chi connectivity index (χ4n) is 4.58. The fraction of sp³-hybridized carbons (Fsp3) is 0.700. The van der Waals surface area contributed by atoms with Crippen molar-refractivity contribution in [1.29, 1.82) is 0 Å². The molecule has 0 amide bonds. The van der Waals surface area contributed by atoms with Gasteiger partial charge >= 0.3 is 0 Å². The maximum absolute atomic E-state index is 12.5. The van der Waals surface area contributed by atoms with Gasteiger partial charge in [0.05, 0.1) is 18.8 Å². The van der Waals surface area contributed by atoms with Crippen molar-refractivity contribution in [3.63, 3.8) is 0 Å². The molecule has 2 aromatic rings. The third kappa shape index (κ3) is 3.45. The van der Waals surface area contributed by atoms with Crippen LogP contribution in [0.15, 0.2) is 15.4 Å². The van der Waals surface area contributed by atoms with E-state index >= 15 is 0 Å². The quantitative estimate of drug-likeness (QED) is 0.806. The van der Waals surface area contributed by atoms with E-state index in [0.29, 0.717) is 25.0 Å². The van der Waals surface area contributed by atoms with Crippen LogP contribution in [0.3, 0.4) is 0 Å². The molecule has 2 fully saturated rings. The van der Waals surface area contributed by atoms with Gasteiger partial charge in [0.25, 0.3) is 5.56 Å². The standard InChI is InChI=1S/C20H27N5O2/c26-19-11-15-5-1-2-9-17(15)22-25(19)12-16-8-4-10-24(16)13-18-21-20(27-23-18)14-6-3-7-14/h11,14,16H,1-10,12-13H2. The maximum atomic E-state index is 12.5. The second-order valence-corrected chi connectivity index (χ2v) is 8.29. The molecule has 5 rings (SSSR count). The summed E-state index contributed by atoms with van der Waals surface area (Å²) < 4.78 is 7.14. The zero-order valence-corrected chi connectivity index (χ0v) is 15.8. The van der Waals surface area contributed by atoms with Crippen LogP contribution < -0.4 is 5.56 Å². The lowest BCUT2D eigenvalue weighted by molar-refractivity contribution is 0.208. The highest BCUT2D eigenvalue weighted by Crippen LogP contribution is 2.35. The Morgan fingerprint density at radius 3 is 2.85 bits per heavy atom. The number of aryl methyl sites for hydroxylation is 2. The van der Waals surface area contributed by atoms with E-state index in [0.717, 1.165) is 55.2 Å². The largest absolute Gasteiger partial charge is 0.339 e. The van der Waals surface area contributed by atoms with Crippen LogP contribution >= 0.6 is 0 Å². The molecule has 7 nitrogen and oxygen atoms in total. The summed E-state index contributed by atoms with van der Waals surface area (Å²) in [6.07, 6.45) is 10.2. The molecule has 0 bridgehead atoms. The summed E-state index contributed by atoms with van der Waals surface area (Å²) in [5, 5.41) is 8.88. The van der Waals surface area contributed by atoms with Crippen LogP contribution in [0, 0.1) is 0 Å².